The lowest BCUT2D eigenvalue weighted by Crippen LogP contribution is -2.04. The third-order valence-corrected chi connectivity index (χ3v) is 11.7. The van der Waals surface area contributed by atoms with E-state index in [1.54, 1.807) is 0 Å². The number of benzene rings is 3. The number of hydrogen-bond donors (Lipinski definition) is 0. The van der Waals surface area contributed by atoms with E-state index >= 15 is 0 Å². The van der Waals surface area contributed by atoms with Crippen molar-refractivity contribution in [3.63, 3.8) is 0 Å². The highest BCUT2D eigenvalue weighted by Crippen LogP contribution is 2.51. The molecule has 0 aromatic heterocycles. The molecule has 0 aliphatic carbocycles. The molecule has 0 atom stereocenters. The molecular formula is C18H6Br9O3P. The first-order valence-corrected chi connectivity index (χ1v) is 16.1. The summed E-state index contributed by atoms with van der Waals surface area (Å²) < 4.78 is 25.8. The highest BCUT2D eigenvalue weighted by atomic mass is 79.9. The van der Waals surface area contributed by atoms with Gasteiger partial charge in [0.2, 0.25) is 0 Å². The molecule has 0 N–H and O–H groups in total. The minimum absolute atomic E-state index is 0.544. The summed E-state index contributed by atoms with van der Waals surface area (Å²) in [5, 5.41) is 0. The van der Waals surface area contributed by atoms with E-state index < -0.39 is 8.60 Å². The van der Waals surface area contributed by atoms with E-state index in [0.29, 0.717) is 17.2 Å². The zero-order chi connectivity index (χ0) is 22.9. The van der Waals surface area contributed by atoms with Crippen molar-refractivity contribution in [2.45, 2.75) is 0 Å². The van der Waals surface area contributed by atoms with Crippen LogP contribution in [0.1, 0.15) is 0 Å². The zero-order valence-corrected chi connectivity index (χ0v) is 29.7. The van der Waals surface area contributed by atoms with Crippen LogP contribution in [-0.4, -0.2) is 0 Å². The normalized spacial score (nSPS) is 11.0. The summed E-state index contributed by atoms with van der Waals surface area (Å²) in [6.45, 7) is 0. The van der Waals surface area contributed by atoms with Crippen LogP contribution in [-0.2, 0) is 0 Å². The van der Waals surface area contributed by atoms with Gasteiger partial charge in [0, 0.05) is 26.8 Å². The van der Waals surface area contributed by atoms with Crippen LogP contribution >= 0.6 is 152 Å². The van der Waals surface area contributed by atoms with E-state index in [1.165, 1.54) is 0 Å². The van der Waals surface area contributed by atoms with Crippen LogP contribution in [0.2, 0.25) is 0 Å². The van der Waals surface area contributed by atoms with Crippen molar-refractivity contribution in [2.75, 3.05) is 0 Å². The maximum absolute atomic E-state index is 6.19. The topological polar surface area (TPSA) is 27.7 Å². The minimum Gasteiger partial charge on any atom is -0.407 e. The average Bonchev–Trinajstić information content (AvgIpc) is 2.67. The van der Waals surface area contributed by atoms with Gasteiger partial charge in [-0.1, -0.05) is 47.8 Å². The van der Waals surface area contributed by atoms with Gasteiger partial charge in [0.1, 0.15) is 17.2 Å². The molecule has 0 bridgehead atoms. The summed E-state index contributed by atoms with van der Waals surface area (Å²) in [4.78, 5) is 0. The van der Waals surface area contributed by atoms with Crippen LogP contribution in [0, 0.1) is 0 Å². The Morgan fingerprint density at radius 2 is 0.677 bits per heavy atom. The quantitative estimate of drug-likeness (QED) is 0.182. The molecule has 0 aliphatic heterocycles. The molecule has 164 valence electrons. The van der Waals surface area contributed by atoms with E-state index in [2.05, 4.69) is 143 Å². The molecule has 0 saturated heterocycles. The lowest BCUT2D eigenvalue weighted by Gasteiger charge is -2.21. The molecule has 0 amide bonds. The van der Waals surface area contributed by atoms with Crippen molar-refractivity contribution < 1.29 is 13.6 Å². The molecule has 3 rings (SSSR count). The van der Waals surface area contributed by atoms with Gasteiger partial charge in [-0.2, -0.15) is 0 Å². The van der Waals surface area contributed by atoms with Crippen molar-refractivity contribution in [3.8, 4) is 17.2 Å². The Bertz CT molecular complexity index is 1000. The number of halogens is 9. The van der Waals surface area contributed by atoms with Gasteiger partial charge in [-0.25, -0.2) is 0 Å². The van der Waals surface area contributed by atoms with E-state index in [4.69, 9.17) is 13.6 Å². The SMILES string of the molecule is Brc1cc(Br)c(Br)c(OP(Oc2cc(Br)cc(Br)c2Br)Oc2cc(Br)cc(Br)c2Br)c1. The second-order valence-corrected chi connectivity index (χ2v) is 14.3. The summed E-state index contributed by atoms with van der Waals surface area (Å²) >= 11 is 31.6. The van der Waals surface area contributed by atoms with Crippen molar-refractivity contribution in [2.24, 2.45) is 0 Å². The fourth-order valence-electron chi connectivity index (χ4n) is 2.09. The van der Waals surface area contributed by atoms with Crippen LogP contribution in [0.5, 0.6) is 17.2 Å². The molecule has 0 saturated carbocycles. The van der Waals surface area contributed by atoms with Crippen molar-refractivity contribution >= 4 is 152 Å². The standard InChI is InChI=1S/C18H6Br9O3P/c19-7-1-10(22)16(25)13(4-7)28-31(29-14-5-8(20)2-11(23)17(14)26)30-15-6-9(21)3-12(24)18(15)27/h1-6H. The van der Waals surface area contributed by atoms with Gasteiger partial charge in [-0.15, -0.1) is 0 Å². The number of hydrogen-bond acceptors (Lipinski definition) is 3. The summed E-state index contributed by atoms with van der Waals surface area (Å²) in [5.41, 5.74) is 0. The lowest BCUT2D eigenvalue weighted by atomic mass is 10.3. The van der Waals surface area contributed by atoms with Crippen LogP contribution in [0.4, 0.5) is 0 Å². The van der Waals surface area contributed by atoms with E-state index in [0.717, 1.165) is 40.3 Å². The zero-order valence-electron chi connectivity index (χ0n) is 14.5. The summed E-state index contributed by atoms with van der Waals surface area (Å²) in [7, 11) is -1.93. The Labute approximate surface area is 255 Å². The average molecular weight is 1020 g/mol. The molecule has 3 aromatic rings. The Kier molecular flexibility index (Phi) is 10.8. The second kappa shape index (κ2) is 12.2. The van der Waals surface area contributed by atoms with Crippen LogP contribution in [0.15, 0.2) is 76.7 Å². The summed E-state index contributed by atoms with van der Waals surface area (Å²) in [6, 6.07) is 11.2. The highest BCUT2D eigenvalue weighted by Gasteiger charge is 2.26. The van der Waals surface area contributed by atoms with Gasteiger partial charge in [0.15, 0.2) is 0 Å². The van der Waals surface area contributed by atoms with Gasteiger partial charge in [-0.05, 0) is 132 Å². The van der Waals surface area contributed by atoms with Crippen molar-refractivity contribution in [3.05, 3.63) is 76.7 Å². The summed E-state index contributed by atoms with van der Waals surface area (Å²) in [6.07, 6.45) is 0. The third-order valence-electron chi connectivity index (χ3n) is 3.40. The van der Waals surface area contributed by atoms with Crippen LogP contribution < -0.4 is 13.6 Å². The van der Waals surface area contributed by atoms with Crippen LogP contribution in [0.3, 0.4) is 0 Å². The predicted molar refractivity (Wildman–Crippen MR) is 157 cm³/mol. The van der Waals surface area contributed by atoms with Gasteiger partial charge in [0.25, 0.3) is 0 Å². The Hall–Kier alpha value is 1.81. The molecule has 0 spiro atoms. The molecular weight excluding hydrogens is 1010 g/mol. The Balaban J connectivity index is 2.02. The van der Waals surface area contributed by atoms with Crippen molar-refractivity contribution in [1.29, 1.82) is 0 Å². The van der Waals surface area contributed by atoms with Gasteiger partial charge < -0.3 is 13.6 Å². The third kappa shape index (κ3) is 7.40. The lowest BCUT2D eigenvalue weighted by molar-refractivity contribution is 0.385. The number of rotatable bonds is 6. The Morgan fingerprint density at radius 3 is 0.935 bits per heavy atom. The Morgan fingerprint density at radius 1 is 0.419 bits per heavy atom. The smallest absolute Gasteiger partial charge is 0.407 e. The molecule has 0 heterocycles. The molecule has 0 radical (unpaired) electrons. The molecule has 3 aromatic carbocycles. The first kappa shape index (κ1) is 27.4. The molecule has 3 nitrogen and oxygen atoms in total. The van der Waals surface area contributed by atoms with E-state index in [-0.39, 0.29) is 0 Å². The fraction of sp³-hybridized carbons (Fsp3) is 0. The summed E-state index contributed by atoms with van der Waals surface area (Å²) in [5.74, 6) is 1.63. The first-order valence-electron chi connectivity index (χ1n) is 7.83. The molecule has 0 unspecified atom stereocenters. The van der Waals surface area contributed by atoms with Crippen molar-refractivity contribution in [1.82, 2.24) is 0 Å². The van der Waals surface area contributed by atoms with Gasteiger partial charge in [0.05, 0.1) is 13.4 Å². The largest absolute Gasteiger partial charge is 0.530 e. The highest BCUT2D eigenvalue weighted by molar-refractivity contribution is 9.14. The maximum atomic E-state index is 6.19. The van der Waals surface area contributed by atoms with E-state index in [9.17, 15) is 0 Å². The molecule has 0 aliphatic rings. The fourth-order valence-corrected chi connectivity index (χ4v) is 7.98. The van der Waals surface area contributed by atoms with Gasteiger partial charge >= 0.3 is 8.60 Å². The van der Waals surface area contributed by atoms with Crippen LogP contribution in [0.25, 0.3) is 0 Å². The van der Waals surface area contributed by atoms with E-state index in [1.807, 2.05) is 36.4 Å². The molecule has 13 heteroatoms. The monoisotopic (exact) mass is 1010 g/mol. The molecule has 31 heavy (non-hydrogen) atoms. The maximum Gasteiger partial charge on any atom is 0.530 e. The first-order chi connectivity index (χ1) is 14.5. The predicted octanol–water partition coefficient (Wildman–Crippen LogP) is 12.3. The molecule has 0 fully saturated rings. The minimum atomic E-state index is -1.93. The van der Waals surface area contributed by atoms with Gasteiger partial charge in [-0.3, -0.25) is 0 Å². The second-order valence-electron chi connectivity index (χ2n) is 5.60.